The first-order valence-electron chi connectivity index (χ1n) is 6.71. The lowest BCUT2D eigenvalue weighted by Crippen LogP contribution is -2.31. The van der Waals surface area contributed by atoms with Gasteiger partial charge in [0.1, 0.15) is 12.4 Å². The summed E-state index contributed by atoms with van der Waals surface area (Å²) in [7, 11) is -2.15. The number of ether oxygens (including phenoxy) is 2. The molecule has 1 aromatic carbocycles. The number of esters is 1. The van der Waals surface area contributed by atoms with Crippen LogP contribution >= 0.6 is 7.95 Å². The van der Waals surface area contributed by atoms with Crippen molar-refractivity contribution in [2.24, 2.45) is 0 Å². The minimum atomic E-state index is -2.15. The van der Waals surface area contributed by atoms with Crippen LogP contribution in [0.25, 0.3) is 0 Å². The van der Waals surface area contributed by atoms with Crippen LogP contribution in [0.3, 0.4) is 0 Å². The highest BCUT2D eigenvalue weighted by Crippen LogP contribution is 2.17. The van der Waals surface area contributed by atoms with Crippen molar-refractivity contribution in [3.63, 3.8) is 0 Å². The Balaban J connectivity index is 2.21. The molecule has 0 bridgehead atoms. The van der Waals surface area contributed by atoms with Crippen molar-refractivity contribution in [2.75, 3.05) is 13.0 Å². The van der Waals surface area contributed by atoms with Crippen molar-refractivity contribution in [1.82, 2.24) is 5.09 Å². The predicted molar refractivity (Wildman–Crippen MR) is 78.9 cm³/mol. The van der Waals surface area contributed by atoms with Gasteiger partial charge >= 0.3 is 5.97 Å². The summed E-state index contributed by atoms with van der Waals surface area (Å²) in [4.78, 5) is 11.5. The van der Waals surface area contributed by atoms with Crippen LogP contribution in [0, 0.1) is 0 Å². The molecule has 0 saturated heterocycles. The minimum absolute atomic E-state index is 0.102. The summed E-state index contributed by atoms with van der Waals surface area (Å²) < 4.78 is 22.1. The number of carbonyl (C=O) groups is 1. The summed E-state index contributed by atoms with van der Waals surface area (Å²) in [5, 5.41) is 2.72. The zero-order valence-electron chi connectivity index (χ0n) is 11.9. The fourth-order valence-corrected chi connectivity index (χ4v) is 2.48. The SMILES string of the molecule is CCCOC(=O)[C@H](C)N[PH](=O)COCc1ccccc1. The van der Waals surface area contributed by atoms with Gasteiger partial charge in [0.2, 0.25) is 0 Å². The fraction of sp³-hybridized carbons (Fsp3) is 0.500. The van der Waals surface area contributed by atoms with Gasteiger partial charge in [-0.15, -0.1) is 0 Å². The van der Waals surface area contributed by atoms with E-state index in [-0.39, 0.29) is 12.3 Å². The Morgan fingerprint density at radius 3 is 2.70 bits per heavy atom. The maximum Gasteiger partial charge on any atom is 0.323 e. The maximum absolute atomic E-state index is 11.8. The molecule has 1 rings (SSSR count). The molecule has 1 aromatic rings. The number of rotatable bonds is 9. The second-order valence-electron chi connectivity index (χ2n) is 4.44. The quantitative estimate of drug-likeness (QED) is 0.561. The van der Waals surface area contributed by atoms with Crippen LogP contribution in [-0.4, -0.2) is 25.0 Å². The Morgan fingerprint density at radius 1 is 1.35 bits per heavy atom. The van der Waals surface area contributed by atoms with Crippen molar-refractivity contribution < 1.29 is 18.8 Å². The largest absolute Gasteiger partial charge is 0.465 e. The van der Waals surface area contributed by atoms with Crippen molar-refractivity contribution in [3.05, 3.63) is 35.9 Å². The van der Waals surface area contributed by atoms with E-state index >= 15 is 0 Å². The standard InChI is InChI=1S/C14H22NO4P/c1-3-9-19-14(16)12(2)15-20(17)11-18-10-13-7-5-4-6-8-13/h4-8,12,20H,3,9-11H2,1-2H3,(H,15,17)/t12-/m0/s1. The van der Waals surface area contributed by atoms with Gasteiger partial charge < -0.3 is 14.0 Å². The molecule has 0 spiro atoms. The van der Waals surface area contributed by atoms with Gasteiger partial charge in [-0.2, -0.15) is 0 Å². The molecule has 5 nitrogen and oxygen atoms in total. The summed E-state index contributed by atoms with van der Waals surface area (Å²) >= 11 is 0. The first kappa shape index (κ1) is 16.9. The number of benzene rings is 1. The lowest BCUT2D eigenvalue weighted by atomic mass is 10.2. The molecule has 6 heteroatoms. The number of nitrogens with one attached hydrogen (secondary N) is 1. The molecule has 0 aliphatic heterocycles. The van der Waals surface area contributed by atoms with Crippen LogP contribution in [-0.2, 0) is 25.4 Å². The van der Waals surface area contributed by atoms with Gasteiger partial charge in [0.25, 0.3) is 0 Å². The molecule has 0 radical (unpaired) electrons. The van der Waals surface area contributed by atoms with Gasteiger partial charge in [-0.1, -0.05) is 37.3 Å². The number of hydrogen-bond acceptors (Lipinski definition) is 4. The Morgan fingerprint density at radius 2 is 2.05 bits per heavy atom. The van der Waals surface area contributed by atoms with Crippen LogP contribution in [0.5, 0.6) is 0 Å². The maximum atomic E-state index is 11.8. The number of hydrogen-bond donors (Lipinski definition) is 1. The fourth-order valence-electron chi connectivity index (χ4n) is 1.51. The first-order valence-corrected chi connectivity index (χ1v) is 8.32. The summed E-state index contributed by atoms with van der Waals surface area (Å²) in [6, 6.07) is 9.08. The van der Waals surface area contributed by atoms with Gasteiger partial charge in [-0.05, 0) is 18.9 Å². The van der Waals surface area contributed by atoms with Crippen molar-refractivity contribution in [1.29, 1.82) is 0 Å². The van der Waals surface area contributed by atoms with Crippen LogP contribution in [0.1, 0.15) is 25.8 Å². The van der Waals surface area contributed by atoms with Crippen LogP contribution in [0.2, 0.25) is 0 Å². The highest BCUT2D eigenvalue weighted by atomic mass is 31.1. The van der Waals surface area contributed by atoms with E-state index < -0.39 is 14.0 Å². The molecular weight excluding hydrogens is 277 g/mol. The molecule has 20 heavy (non-hydrogen) atoms. The van der Waals surface area contributed by atoms with Gasteiger partial charge in [-0.3, -0.25) is 9.88 Å². The molecule has 0 aliphatic carbocycles. The van der Waals surface area contributed by atoms with E-state index in [0.29, 0.717) is 13.2 Å². The second-order valence-corrected chi connectivity index (χ2v) is 5.86. The van der Waals surface area contributed by atoms with E-state index in [9.17, 15) is 9.36 Å². The molecule has 0 amide bonds. The average molecular weight is 299 g/mol. The zero-order chi connectivity index (χ0) is 14.8. The van der Waals surface area contributed by atoms with E-state index in [4.69, 9.17) is 9.47 Å². The molecular formula is C14H22NO4P. The summed E-state index contributed by atoms with van der Waals surface area (Å²) in [5.74, 6) is -0.381. The Labute approximate surface area is 120 Å². The van der Waals surface area contributed by atoms with Crippen LogP contribution in [0.4, 0.5) is 0 Å². The second kappa shape index (κ2) is 9.70. The summed E-state index contributed by atoms with van der Waals surface area (Å²) in [5.41, 5.74) is 1.03. The van der Waals surface area contributed by atoms with E-state index in [2.05, 4.69) is 5.09 Å². The topological polar surface area (TPSA) is 64.6 Å². The lowest BCUT2D eigenvalue weighted by Gasteiger charge is -2.13. The van der Waals surface area contributed by atoms with E-state index in [0.717, 1.165) is 12.0 Å². The molecule has 2 atom stereocenters. The molecule has 0 fully saturated rings. The van der Waals surface area contributed by atoms with Crippen molar-refractivity contribution in [2.45, 2.75) is 32.9 Å². The van der Waals surface area contributed by atoms with Gasteiger partial charge in [0, 0.05) is 0 Å². The molecule has 0 saturated carbocycles. The highest BCUT2D eigenvalue weighted by Gasteiger charge is 2.15. The van der Waals surface area contributed by atoms with Crippen molar-refractivity contribution >= 4 is 13.9 Å². The zero-order valence-corrected chi connectivity index (χ0v) is 12.9. The van der Waals surface area contributed by atoms with Gasteiger partial charge in [0.15, 0.2) is 7.95 Å². The van der Waals surface area contributed by atoms with E-state index in [1.165, 1.54) is 0 Å². The van der Waals surface area contributed by atoms with Gasteiger partial charge in [-0.25, -0.2) is 0 Å². The highest BCUT2D eigenvalue weighted by molar-refractivity contribution is 7.42. The van der Waals surface area contributed by atoms with E-state index in [1.807, 2.05) is 37.3 Å². The van der Waals surface area contributed by atoms with Crippen molar-refractivity contribution in [3.8, 4) is 0 Å². The molecule has 0 aromatic heterocycles. The predicted octanol–water partition coefficient (Wildman–Crippen LogP) is 2.57. The third-order valence-corrected chi connectivity index (χ3v) is 3.75. The third kappa shape index (κ3) is 6.85. The lowest BCUT2D eigenvalue weighted by molar-refractivity contribution is -0.145. The molecule has 0 heterocycles. The van der Waals surface area contributed by atoms with Crippen LogP contribution in [0.15, 0.2) is 30.3 Å². The molecule has 0 aliphatic rings. The summed E-state index contributed by atoms with van der Waals surface area (Å²) in [6.07, 6.45) is 0.874. The Hall–Kier alpha value is -1.16. The Bertz CT molecular complexity index is 424. The first-order chi connectivity index (χ1) is 9.63. The summed E-state index contributed by atoms with van der Waals surface area (Å²) in [6.45, 7) is 4.35. The Kier molecular flexibility index (Phi) is 8.19. The molecule has 1 N–H and O–H groups in total. The van der Waals surface area contributed by atoms with E-state index in [1.54, 1.807) is 6.92 Å². The third-order valence-electron chi connectivity index (χ3n) is 2.52. The van der Waals surface area contributed by atoms with Crippen LogP contribution < -0.4 is 5.09 Å². The minimum Gasteiger partial charge on any atom is -0.465 e. The smallest absolute Gasteiger partial charge is 0.323 e. The normalized spacial score (nSPS) is 13.7. The number of carbonyl (C=O) groups excluding carboxylic acids is 1. The average Bonchev–Trinajstić information content (AvgIpc) is 2.45. The molecule has 112 valence electrons. The monoisotopic (exact) mass is 299 g/mol. The molecule has 1 unspecified atom stereocenters. The van der Waals surface area contributed by atoms with Gasteiger partial charge in [0.05, 0.1) is 13.2 Å².